The summed E-state index contributed by atoms with van der Waals surface area (Å²) in [5.74, 6) is 0.931. The molecule has 0 aliphatic heterocycles. The summed E-state index contributed by atoms with van der Waals surface area (Å²) < 4.78 is 0. The van der Waals surface area contributed by atoms with E-state index in [9.17, 15) is 4.79 Å². The standard InChI is InChI=1S/C12H23NO2/c1-9(2)13(8-11-5-6-11)12(15)7-4-10(3)14/h9-11,14H,4-8H2,1-3H3. The van der Waals surface area contributed by atoms with E-state index in [2.05, 4.69) is 13.8 Å². The van der Waals surface area contributed by atoms with Gasteiger partial charge < -0.3 is 10.0 Å². The van der Waals surface area contributed by atoms with E-state index in [4.69, 9.17) is 5.11 Å². The zero-order chi connectivity index (χ0) is 11.4. The van der Waals surface area contributed by atoms with Crippen molar-refractivity contribution in [1.29, 1.82) is 0 Å². The van der Waals surface area contributed by atoms with Gasteiger partial charge in [0.1, 0.15) is 0 Å². The number of nitrogens with zero attached hydrogens (tertiary/aromatic N) is 1. The van der Waals surface area contributed by atoms with E-state index in [0.717, 1.165) is 12.5 Å². The summed E-state index contributed by atoms with van der Waals surface area (Å²) in [5.41, 5.74) is 0. The highest BCUT2D eigenvalue weighted by Gasteiger charge is 2.27. The highest BCUT2D eigenvalue weighted by atomic mass is 16.3. The third kappa shape index (κ3) is 4.65. The molecule has 0 aromatic rings. The Kier molecular flexibility index (Phi) is 4.58. The van der Waals surface area contributed by atoms with Crippen LogP contribution in [0.1, 0.15) is 46.5 Å². The molecule has 1 saturated carbocycles. The summed E-state index contributed by atoms with van der Waals surface area (Å²) in [7, 11) is 0. The van der Waals surface area contributed by atoms with Gasteiger partial charge in [0.15, 0.2) is 0 Å². The Hall–Kier alpha value is -0.570. The number of hydrogen-bond acceptors (Lipinski definition) is 2. The second-order valence-corrected chi connectivity index (χ2v) is 4.97. The van der Waals surface area contributed by atoms with Crippen molar-refractivity contribution in [3.63, 3.8) is 0 Å². The molecule has 3 nitrogen and oxygen atoms in total. The van der Waals surface area contributed by atoms with Crippen LogP contribution in [0.15, 0.2) is 0 Å². The van der Waals surface area contributed by atoms with Crippen LogP contribution in [0.5, 0.6) is 0 Å². The van der Waals surface area contributed by atoms with Crippen LogP contribution in [0.25, 0.3) is 0 Å². The molecule has 0 aromatic carbocycles. The van der Waals surface area contributed by atoms with Gasteiger partial charge in [-0.15, -0.1) is 0 Å². The maximum Gasteiger partial charge on any atom is 0.222 e. The first-order valence-electron chi connectivity index (χ1n) is 5.98. The summed E-state index contributed by atoms with van der Waals surface area (Å²) in [4.78, 5) is 13.8. The molecule has 1 rings (SSSR count). The Morgan fingerprint density at radius 1 is 1.40 bits per heavy atom. The monoisotopic (exact) mass is 213 g/mol. The fourth-order valence-corrected chi connectivity index (χ4v) is 1.66. The number of aliphatic hydroxyl groups excluding tert-OH is 1. The van der Waals surface area contributed by atoms with E-state index in [1.807, 2.05) is 4.90 Å². The lowest BCUT2D eigenvalue weighted by Crippen LogP contribution is -2.38. The first kappa shape index (κ1) is 12.5. The van der Waals surface area contributed by atoms with Crippen molar-refractivity contribution in [2.45, 2.75) is 58.6 Å². The van der Waals surface area contributed by atoms with Gasteiger partial charge in [0.05, 0.1) is 6.10 Å². The van der Waals surface area contributed by atoms with Crippen molar-refractivity contribution in [2.24, 2.45) is 5.92 Å². The minimum Gasteiger partial charge on any atom is -0.393 e. The fraction of sp³-hybridized carbons (Fsp3) is 0.917. The highest BCUT2D eigenvalue weighted by Crippen LogP contribution is 2.30. The molecule has 1 atom stereocenters. The zero-order valence-electron chi connectivity index (χ0n) is 10.1. The quantitative estimate of drug-likeness (QED) is 0.731. The molecule has 1 N–H and O–H groups in total. The van der Waals surface area contributed by atoms with Crippen LogP contribution in [0, 0.1) is 5.92 Å². The van der Waals surface area contributed by atoms with Crippen molar-refractivity contribution in [3.8, 4) is 0 Å². The van der Waals surface area contributed by atoms with E-state index < -0.39 is 0 Å². The molecule has 1 unspecified atom stereocenters. The summed E-state index contributed by atoms with van der Waals surface area (Å²) in [6, 6.07) is 0.284. The second kappa shape index (κ2) is 5.50. The van der Waals surface area contributed by atoms with Gasteiger partial charge in [-0.2, -0.15) is 0 Å². The van der Waals surface area contributed by atoms with Crippen LogP contribution in [0.2, 0.25) is 0 Å². The molecule has 0 radical (unpaired) electrons. The summed E-state index contributed by atoms with van der Waals surface area (Å²) in [5, 5.41) is 9.15. The van der Waals surface area contributed by atoms with E-state index in [-0.39, 0.29) is 18.1 Å². The highest BCUT2D eigenvalue weighted by molar-refractivity contribution is 5.76. The molecule has 88 valence electrons. The lowest BCUT2D eigenvalue weighted by atomic mass is 10.1. The lowest BCUT2D eigenvalue weighted by molar-refractivity contribution is -0.133. The topological polar surface area (TPSA) is 40.5 Å². The molecule has 0 aromatic heterocycles. The number of carbonyl (C=O) groups excluding carboxylic acids is 1. The van der Waals surface area contributed by atoms with Crippen molar-refractivity contribution < 1.29 is 9.90 Å². The molecule has 1 aliphatic carbocycles. The smallest absolute Gasteiger partial charge is 0.222 e. The molecular formula is C12H23NO2. The molecule has 3 heteroatoms. The number of amides is 1. The van der Waals surface area contributed by atoms with Gasteiger partial charge >= 0.3 is 0 Å². The predicted molar refractivity (Wildman–Crippen MR) is 60.5 cm³/mol. The molecule has 15 heavy (non-hydrogen) atoms. The van der Waals surface area contributed by atoms with Crippen LogP contribution in [-0.2, 0) is 4.79 Å². The summed E-state index contributed by atoms with van der Waals surface area (Å²) in [6.07, 6.45) is 3.22. The number of aliphatic hydroxyl groups is 1. The fourth-order valence-electron chi connectivity index (χ4n) is 1.66. The van der Waals surface area contributed by atoms with Crippen LogP contribution in [-0.4, -0.2) is 34.6 Å². The third-order valence-electron chi connectivity index (χ3n) is 2.87. The maximum atomic E-state index is 11.9. The SMILES string of the molecule is CC(O)CCC(=O)N(CC1CC1)C(C)C. The second-order valence-electron chi connectivity index (χ2n) is 4.97. The van der Waals surface area contributed by atoms with Gasteiger partial charge in [0, 0.05) is 19.0 Å². The summed E-state index contributed by atoms with van der Waals surface area (Å²) in [6.45, 7) is 6.76. The first-order chi connectivity index (χ1) is 7.00. The number of rotatable bonds is 6. The molecule has 1 fully saturated rings. The van der Waals surface area contributed by atoms with Crippen LogP contribution in [0.3, 0.4) is 0 Å². The average molecular weight is 213 g/mol. The van der Waals surface area contributed by atoms with E-state index in [1.165, 1.54) is 12.8 Å². The largest absolute Gasteiger partial charge is 0.393 e. The lowest BCUT2D eigenvalue weighted by Gasteiger charge is -2.27. The maximum absolute atomic E-state index is 11.9. The van der Waals surface area contributed by atoms with E-state index >= 15 is 0 Å². The average Bonchev–Trinajstić information content (AvgIpc) is 2.93. The normalized spacial score (nSPS) is 17.9. The third-order valence-corrected chi connectivity index (χ3v) is 2.87. The molecular weight excluding hydrogens is 190 g/mol. The molecule has 0 heterocycles. The minimum absolute atomic E-state index is 0.192. The van der Waals surface area contributed by atoms with Crippen molar-refractivity contribution in [1.82, 2.24) is 4.90 Å². The van der Waals surface area contributed by atoms with Gasteiger partial charge in [0.25, 0.3) is 0 Å². The van der Waals surface area contributed by atoms with Gasteiger partial charge in [-0.25, -0.2) is 0 Å². The number of carbonyl (C=O) groups is 1. The molecule has 1 amide bonds. The van der Waals surface area contributed by atoms with Crippen molar-refractivity contribution in [2.75, 3.05) is 6.54 Å². The number of hydrogen-bond donors (Lipinski definition) is 1. The zero-order valence-corrected chi connectivity index (χ0v) is 10.1. The predicted octanol–water partition coefficient (Wildman–Crippen LogP) is 1.79. The molecule has 0 bridgehead atoms. The van der Waals surface area contributed by atoms with Crippen molar-refractivity contribution in [3.05, 3.63) is 0 Å². The van der Waals surface area contributed by atoms with E-state index in [1.54, 1.807) is 6.92 Å². The summed E-state index contributed by atoms with van der Waals surface area (Å²) >= 11 is 0. The Balaban J connectivity index is 2.35. The van der Waals surface area contributed by atoms with Gasteiger partial charge in [-0.05, 0) is 46.0 Å². The molecule has 0 saturated heterocycles. The molecule has 1 aliphatic rings. The Labute approximate surface area is 92.5 Å². The minimum atomic E-state index is -0.371. The van der Waals surface area contributed by atoms with Crippen LogP contribution < -0.4 is 0 Å². The van der Waals surface area contributed by atoms with Crippen molar-refractivity contribution >= 4 is 5.91 Å². The Morgan fingerprint density at radius 2 is 2.00 bits per heavy atom. The van der Waals surface area contributed by atoms with Gasteiger partial charge in [0.2, 0.25) is 5.91 Å². The van der Waals surface area contributed by atoms with Crippen LogP contribution >= 0.6 is 0 Å². The van der Waals surface area contributed by atoms with Gasteiger partial charge in [-0.3, -0.25) is 4.79 Å². The van der Waals surface area contributed by atoms with Crippen LogP contribution in [0.4, 0.5) is 0 Å². The Bertz CT molecular complexity index is 210. The van der Waals surface area contributed by atoms with E-state index in [0.29, 0.717) is 12.8 Å². The Morgan fingerprint density at radius 3 is 2.40 bits per heavy atom. The first-order valence-corrected chi connectivity index (χ1v) is 5.98. The van der Waals surface area contributed by atoms with Gasteiger partial charge in [-0.1, -0.05) is 0 Å². The molecule has 0 spiro atoms.